The van der Waals surface area contributed by atoms with Crippen molar-refractivity contribution in [2.45, 2.75) is 13.8 Å². The summed E-state index contributed by atoms with van der Waals surface area (Å²) in [5, 5.41) is 17.6. The number of non-ortho nitro benzene ring substituents is 1. The molecule has 7 heteroatoms. The maximum absolute atomic E-state index is 12.7. The van der Waals surface area contributed by atoms with Crippen molar-refractivity contribution >= 4 is 17.3 Å². The number of carbonyl (C=O) groups is 1. The average molecular weight is 337 g/mol. The SMILES string of the molecule is Cc1cc([N+](=O)[O-])ccc1NC(=O)c1c(-c2ccccc2)noc1C. The van der Waals surface area contributed by atoms with Crippen LogP contribution in [0.15, 0.2) is 53.1 Å². The third-order valence-electron chi connectivity index (χ3n) is 3.81. The lowest BCUT2D eigenvalue weighted by atomic mass is 10.1. The molecule has 1 aromatic heterocycles. The van der Waals surface area contributed by atoms with Crippen molar-refractivity contribution in [3.63, 3.8) is 0 Å². The van der Waals surface area contributed by atoms with E-state index in [0.29, 0.717) is 28.3 Å². The molecule has 0 aliphatic heterocycles. The Kier molecular flexibility index (Phi) is 4.30. The number of nitrogens with one attached hydrogen (secondary N) is 1. The third-order valence-corrected chi connectivity index (χ3v) is 3.81. The van der Waals surface area contributed by atoms with E-state index in [1.807, 2.05) is 30.3 Å². The Morgan fingerprint density at radius 3 is 2.52 bits per heavy atom. The van der Waals surface area contributed by atoms with E-state index in [-0.39, 0.29) is 11.6 Å². The van der Waals surface area contributed by atoms with E-state index in [2.05, 4.69) is 10.5 Å². The molecule has 25 heavy (non-hydrogen) atoms. The lowest BCUT2D eigenvalue weighted by molar-refractivity contribution is -0.384. The van der Waals surface area contributed by atoms with Crippen molar-refractivity contribution in [2.75, 3.05) is 5.32 Å². The van der Waals surface area contributed by atoms with Crippen LogP contribution in [0.5, 0.6) is 0 Å². The van der Waals surface area contributed by atoms with E-state index in [1.165, 1.54) is 18.2 Å². The van der Waals surface area contributed by atoms with Gasteiger partial charge in [-0.3, -0.25) is 14.9 Å². The Bertz CT molecular complexity index is 948. The van der Waals surface area contributed by atoms with Gasteiger partial charge >= 0.3 is 0 Å². The van der Waals surface area contributed by atoms with Crippen LogP contribution in [0.1, 0.15) is 21.7 Å². The number of carbonyl (C=O) groups excluding carboxylic acids is 1. The monoisotopic (exact) mass is 337 g/mol. The highest BCUT2D eigenvalue weighted by Crippen LogP contribution is 2.27. The van der Waals surface area contributed by atoms with Crippen LogP contribution in [-0.4, -0.2) is 16.0 Å². The first-order chi connectivity index (χ1) is 12.0. The topological polar surface area (TPSA) is 98.3 Å². The molecule has 7 nitrogen and oxygen atoms in total. The number of hydrogen-bond acceptors (Lipinski definition) is 5. The van der Waals surface area contributed by atoms with Gasteiger partial charge in [0.1, 0.15) is 17.0 Å². The second kappa shape index (κ2) is 6.56. The zero-order valence-corrected chi connectivity index (χ0v) is 13.6. The number of aromatic nitrogens is 1. The highest BCUT2D eigenvalue weighted by Gasteiger charge is 2.22. The zero-order chi connectivity index (χ0) is 18.0. The molecule has 0 unspecified atom stereocenters. The fraction of sp³-hybridized carbons (Fsp3) is 0.111. The van der Waals surface area contributed by atoms with Crippen molar-refractivity contribution in [1.82, 2.24) is 5.16 Å². The van der Waals surface area contributed by atoms with Crippen LogP contribution in [0.4, 0.5) is 11.4 Å². The van der Waals surface area contributed by atoms with E-state index in [9.17, 15) is 14.9 Å². The van der Waals surface area contributed by atoms with Gasteiger partial charge in [-0.05, 0) is 25.5 Å². The normalized spacial score (nSPS) is 10.5. The number of aryl methyl sites for hydroxylation is 2. The molecule has 0 aliphatic carbocycles. The van der Waals surface area contributed by atoms with Crippen LogP contribution >= 0.6 is 0 Å². The second-order valence-electron chi connectivity index (χ2n) is 5.54. The molecule has 0 atom stereocenters. The van der Waals surface area contributed by atoms with E-state index in [1.54, 1.807) is 13.8 Å². The van der Waals surface area contributed by atoms with Crippen LogP contribution in [0.3, 0.4) is 0 Å². The summed E-state index contributed by atoms with van der Waals surface area (Å²) in [6.07, 6.45) is 0. The fourth-order valence-corrected chi connectivity index (χ4v) is 2.52. The van der Waals surface area contributed by atoms with E-state index in [4.69, 9.17) is 4.52 Å². The summed E-state index contributed by atoms with van der Waals surface area (Å²) in [7, 11) is 0. The summed E-state index contributed by atoms with van der Waals surface area (Å²) in [6, 6.07) is 13.5. The molecule has 0 spiro atoms. The molecule has 0 aliphatic rings. The van der Waals surface area contributed by atoms with Crippen molar-refractivity contribution in [3.8, 4) is 11.3 Å². The largest absolute Gasteiger partial charge is 0.360 e. The quantitative estimate of drug-likeness (QED) is 0.570. The van der Waals surface area contributed by atoms with Crippen molar-refractivity contribution < 1.29 is 14.2 Å². The van der Waals surface area contributed by atoms with Gasteiger partial charge in [-0.15, -0.1) is 0 Å². The molecule has 0 saturated heterocycles. The van der Waals surface area contributed by atoms with Gasteiger partial charge in [0.2, 0.25) is 0 Å². The predicted molar refractivity (Wildman–Crippen MR) is 92.5 cm³/mol. The lowest BCUT2D eigenvalue weighted by Crippen LogP contribution is -2.14. The summed E-state index contributed by atoms with van der Waals surface area (Å²) in [5.41, 5.74) is 2.62. The molecule has 3 aromatic rings. The zero-order valence-electron chi connectivity index (χ0n) is 13.6. The molecule has 1 N–H and O–H groups in total. The third kappa shape index (κ3) is 3.25. The maximum Gasteiger partial charge on any atom is 0.269 e. The molecule has 3 rings (SSSR count). The van der Waals surface area contributed by atoms with Crippen molar-refractivity contribution in [2.24, 2.45) is 0 Å². The van der Waals surface area contributed by atoms with Crippen LogP contribution in [0.25, 0.3) is 11.3 Å². The molecule has 0 bridgehead atoms. The van der Waals surface area contributed by atoms with Gasteiger partial charge in [0.05, 0.1) is 4.92 Å². The van der Waals surface area contributed by atoms with Gasteiger partial charge in [-0.25, -0.2) is 0 Å². The number of hydrogen-bond donors (Lipinski definition) is 1. The molecule has 0 fully saturated rings. The number of amides is 1. The number of rotatable bonds is 4. The van der Waals surface area contributed by atoms with Crippen LogP contribution in [0, 0.1) is 24.0 Å². The minimum absolute atomic E-state index is 0.0263. The van der Waals surface area contributed by atoms with Gasteiger partial charge in [0.25, 0.3) is 11.6 Å². The highest BCUT2D eigenvalue weighted by molar-refractivity contribution is 6.09. The summed E-state index contributed by atoms with van der Waals surface area (Å²) in [6.45, 7) is 3.36. The van der Waals surface area contributed by atoms with Gasteiger partial charge in [-0.1, -0.05) is 35.5 Å². The van der Waals surface area contributed by atoms with Gasteiger partial charge in [0, 0.05) is 23.4 Å². The van der Waals surface area contributed by atoms with Gasteiger partial charge < -0.3 is 9.84 Å². The second-order valence-corrected chi connectivity index (χ2v) is 5.54. The Morgan fingerprint density at radius 2 is 1.88 bits per heavy atom. The first kappa shape index (κ1) is 16.4. The average Bonchev–Trinajstić information content (AvgIpc) is 2.99. The highest BCUT2D eigenvalue weighted by atomic mass is 16.6. The lowest BCUT2D eigenvalue weighted by Gasteiger charge is -2.08. The first-order valence-corrected chi connectivity index (χ1v) is 7.55. The Morgan fingerprint density at radius 1 is 1.16 bits per heavy atom. The fourth-order valence-electron chi connectivity index (χ4n) is 2.52. The van der Waals surface area contributed by atoms with E-state index >= 15 is 0 Å². The molecule has 1 heterocycles. The summed E-state index contributed by atoms with van der Waals surface area (Å²) in [4.78, 5) is 23.1. The predicted octanol–water partition coefficient (Wildman–Crippen LogP) is 4.12. The molecule has 2 aromatic carbocycles. The van der Waals surface area contributed by atoms with Crippen LogP contribution in [0.2, 0.25) is 0 Å². The van der Waals surface area contributed by atoms with Crippen molar-refractivity contribution in [3.05, 3.63) is 75.5 Å². The van der Waals surface area contributed by atoms with Crippen LogP contribution < -0.4 is 5.32 Å². The standard InChI is InChI=1S/C18H15N3O4/c1-11-10-14(21(23)24)8-9-15(11)19-18(22)16-12(2)25-20-17(16)13-6-4-3-5-7-13/h3-10H,1-2H3,(H,19,22). The van der Waals surface area contributed by atoms with E-state index < -0.39 is 4.92 Å². The van der Waals surface area contributed by atoms with E-state index in [0.717, 1.165) is 5.56 Å². The number of anilines is 1. The molecular formula is C18H15N3O4. The molecule has 0 radical (unpaired) electrons. The minimum Gasteiger partial charge on any atom is -0.360 e. The Balaban J connectivity index is 1.93. The summed E-state index contributed by atoms with van der Waals surface area (Å²) in [5.74, 6) is 0.0190. The number of nitro groups is 1. The molecule has 1 amide bonds. The maximum atomic E-state index is 12.7. The number of nitrogens with zero attached hydrogens (tertiary/aromatic N) is 2. The molecule has 126 valence electrons. The van der Waals surface area contributed by atoms with Crippen LogP contribution in [-0.2, 0) is 0 Å². The summed E-state index contributed by atoms with van der Waals surface area (Å²) >= 11 is 0. The molecule has 0 saturated carbocycles. The Labute approximate surface area is 143 Å². The van der Waals surface area contributed by atoms with Gasteiger partial charge in [-0.2, -0.15) is 0 Å². The first-order valence-electron chi connectivity index (χ1n) is 7.55. The van der Waals surface area contributed by atoms with Crippen molar-refractivity contribution in [1.29, 1.82) is 0 Å². The minimum atomic E-state index is -0.476. The Hall–Kier alpha value is -3.48. The molecular weight excluding hydrogens is 322 g/mol. The number of benzene rings is 2. The summed E-state index contributed by atoms with van der Waals surface area (Å²) < 4.78 is 5.19. The van der Waals surface area contributed by atoms with Gasteiger partial charge in [0.15, 0.2) is 0 Å². The number of nitro benzene ring substituents is 1. The smallest absolute Gasteiger partial charge is 0.269 e.